The number of aliphatic carboxylic acids is 1. The van der Waals surface area contributed by atoms with Crippen molar-refractivity contribution in [3.05, 3.63) is 0 Å². The van der Waals surface area contributed by atoms with Gasteiger partial charge in [0.15, 0.2) is 0 Å². The molecule has 1 aliphatic carbocycles. The zero-order valence-corrected chi connectivity index (χ0v) is 10.6. The van der Waals surface area contributed by atoms with E-state index in [0.29, 0.717) is 25.1 Å². The molecule has 0 saturated heterocycles. The molecule has 0 spiro atoms. The minimum atomic E-state index is -0.939. The number of rotatable bonds is 6. The second-order valence-electron chi connectivity index (χ2n) is 4.36. The highest BCUT2D eigenvalue weighted by Gasteiger charge is 2.40. The maximum atomic E-state index is 11.5. The number of amides is 2. The third-order valence-electron chi connectivity index (χ3n) is 2.85. The Morgan fingerprint density at radius 2 is 2.06 bits per heavy atom. The van der Waals surface area contributed by atoms with Crippen LogP contribution in [0.1, 0.15) is 25.7 Å². The lowest BCUT2D eigenvalue weighted by molar-refractivity contribution is -0.139. The molecule has 0 aromatic heterocycles. The summed E-state index contributed by atoms with van der Waals surface area (Å²) < 4.78 is 10.8. The van der Waals surface area contributed by atoms with Crippen molar-refractivity contribution < 1.29 is 18.9 Å². The van der Waals surface area contributed by atoms with Crippen LogP contribution >= 0.6 is 0 Å². The van der Waals surface area contributed by atoms with E-state index in [1.165, 1.54) is 0 Å². The number of carboxylic acid groups (broad SMARTS) is 1. The molecular weight excluding hydrogens is 244 g/mol. The zero-order chi connectivity index (χ0) is 12.9. The largest absolute Gasteiger partial charge is 0.481 e. The Kier molecular flexibility index (Phi) is 4.92. The van der Waals surface area contributed by atoms with Crippen molar-refractivity contribution in [3.63, 3.8) is 0 Å². The van der Waals surface area contributed by atoms with Crippen LogP contribution in [0.4, 0.5) is 4.79 Å². The molecule has 1 rings (SSSR count). The molecule has 0 radical (unpaired) electrons. The minimum absolute atomic E-state index is 0.0415. The van der Waals surface area contributed by atoms with Crippen molar-refractivity contribution in [2.75, 3.05) is 18.6 Å². The third-order valence-corrected chi connectivity index (χ3v) is 3.63. The topological polar surface area (TPSA) is 95.5 Å². The summed E-state index contributed by atoms with van der Waals surface area (Å²) >= 11 is 0. The van der Waals surface area contributed by atoms with E-state index in [9.17, 15) is 13.8 Å². The molecule has 1 saturated carbocycles. The van der Waals surface area contributed by atoms with Crippen molar-refractivity contribution in [1.29, 1.82) is 0 Å². The van der Waals surface area contributed by atoms with E-state index in [-0.39, 0.29) is 12.5 Å². The number of carboxylic acids is 1. The molecule has 1 atom stereocenters. The summed E-state index contributed by atoms with van der Waals surface area (Å²) in [6.45, 7) is 0.331. The number of hydrogen-bond acceptors (Lipinski definition) is 3. The van der Waals surface area contributed by atoms with E-state index in [4.69, 9.17) is 5.11 Å². The Labute approximate surface area is 103 Å². The number of carbonyl (C=O) groups excluding carboxylic acids is 1. The van der Waals surface area contributed by atoms with Crippen LogP contribution in [0, 0.1) is 0 Å². The second-order valence-corrected chi connectivity index (χ2v) is 5.92. The molecule has 98 valence electrons. The lowest BCUT2D eigenvalue weighted by Crippen LogP contribution is -2.57. The van der Waals surface area contributed by atoms with Crippen LogP contribution < -0.4 is 10.6 Å². The van der Waals surface area contributed by atoms with Gasteiger partial charge in [-0.2, -0.15) is 0 Å². The van der Waals surface area contributed by atoms with Gasteiger partial charge < -0.3 is 15.7 Å². The van der Waals surface area contributed by atoms with E-state index in [1.54, 1.807) is 6.26 Å². The van der Waals surface area contributed by atoms with Crippen LogP contribution in [0.5, 0.6) is 0 Å². The van der Waals surface area contributed by atoms with Crippen LogP contribution in [0.2, 0.25) is 0 Å². The standard InChI is InChI=1S/C10H18N2O4S/c1-17(16)6-5-11-9(15)12-10(3-2-4-10)7-8(13)14/h2-7H2,1H3,(H,13,14)(H2,11,12,15). The van der Waals surface area contributed by atoms with Crippen molar-refractivity contribution in [3.8, 4) is 0 Å². The Balaban J connectivity index is 2.33. The summed E-state index contributed by atoms with van der Waals surface area (Å²) in [6.07, 6.45) is 3.86. The molecule has 1 aliphatic rings. The zero-order valence-electron chi connectivity index (χ0n) is 9.82. The van der Waals surface area contributed by atoms with E-state index >= 15 is 0 Å². The highest BCUT2D eigenvalue weighted by atomic mass is 32.2. The lowest BCUT2D eigenvalue weighted by atomic mass is 9.74. The monoisotopic (exact) mass is 262 g/mol. The molecule has 1 fully saturated rings. The maximum absolute atomic E-state index is 11.5. The summed E-state index contributed by atoms with van der Waals surface area (Å²) in [5.41, 5.74) is -0.582. The van der Waals surface area contributed by atoms with Gasteiger partial charge in [0.2, 0.25) is 0 Å². The predicted octanol–water partition coefficient (Wildman–Crippen LogP) is 0.0615. The van der Waals surface area contributed by atoms with Gasteiger partial charge in [-0.05, 0) is 19.3 Å². The average molecular weight is 262 g/mol. The van der Waals surface area contributed by atoms with Gasteiger partial charge in [-0.1, -0.05) is 0 Å². The van der Waals surface area contributed by atoms with Gasteiger partial charge in [0.25, 0.3) is 0 Å². The molecule has 7 heteroatoms. The second kappa shape index (κ2) is 6.00. The molecule has 0 aliphatic heterocycles. The smallest absolute Gasteiger partial charge is 0.315 e. The van der Waals surface area contributed by atoms with Crippen molar-refractivity contribution in [1.82, 2.24) is 10.6 Å². The first-order valence-corrected chi connectivity index (χ1v) is 7.24. The molecule has 0 heterocycles. The first kappa shape index (κ1) is 14.0. The van der Waals surface area contributed by atoms with Gasteiger partial charge in [-0.25, -0.2) is 4.79 Å². The van der Waals surface area contributed by atoms with E-state index in [0.717, 1.165) is 6.42 Å². The number of urea groups is 1. The fourth-order valence-corrected chi connectivity index (χ4v) is 2.22. The van der Waals surface area contributed by atoms with Crippen LogP contribution in [0.25, 0.3) is 0 Å². The molecular formula is C10H18N2O4S. The molecule has 2 amide bonds. The Hall–Kier alpha value is -1.11. The van der Waals surface area contributed by atoms with Crippen molar-refractivity contribution >= 4 is 22.8 Å². The normalized spacial score (nSPS) is 18.9. The fraction of sp³-hybridized carbons (Fsp3) is 0.800. The van der Waals surface area contributed by atoms with Crippen LogP contribution in [0.3, 0.4) is 0 Å². The summed E-state index contributed by atoms with van der Waals surface area (Å²) in [7, 11) is -0.939. The quantitative estimate of drug-likeness (QED) is 0.631. The van der Waals surface area contributed by atoms with Gasteiger partial charge in [0, 0.05) is 29.4 Å². The van der Waals surface area contributed by atoms with E-state index in [2.05, 4.69) is 10.6 Å². The van der Waals surface area contributed by atoms with Gasteiger partial charge >= 0.3 is 12.0 Å². The van der Waals surface area contributed by atoms with Crippen molar-refractivity contribution in [2.24, 2.45) is 0 Å². The highest BCUT2D eigenvalue weighted by molar-refractivity contribution is 7.84. The van der Waals surface area contributed by atoms with Crippen molar-refractivity contribution in [2.45, 2.75) is 31.2 Å². The first-order valence-electron chi connectivity index (χ1n) is 5.51. The molecule has 6 nitrogen and oxygen atoms in total. The predicted molar refractivity (Wildman–Crippen MR) is 64.3 cm³/mol. The number of hydrogen-bond donors (Lipinski definition) is 3. The Morgan fingerprint density at radius 1 is 1.41 bits per heavy atom. The molecule has 0 aromatic carbocycles. The molecule has 1 unspecified atom stereocenters. The van der Waals surface area contributed by atoms with Gasteiger partial charge in [0.05, 0.1) is 12.0 Å². The SMILES string of the molecule is CS(=O)CCNC(=O)NC1(CC(=O)O)CCC1. The van der Waals surface area contributed by atoms with Crippen LogP contribution in [-0.2, 0) is 15.6 Å². The fourth-order valence-electron chi connectivity index (χ4n) is 1.83. The maximum Gasteiger partial charge on any atom is 0.315 e. The average Bonchev–Trinajstić information content (AvgIpc) is 2.12. The van der Waals surface area contributed by atoms with Gasteiger partial charge in [-0.3, -0.25) is 9.00 Å². The summed E-state index contributed by atoms with van der Waals surface area (Å²) in [5.74, 6) is -0.501. The third kappa shape index (κ3) is 4.72. The summed E-state index contributed by atoms with van der Waals surface area (Å²) in [5, 5.41) is 14.0. The van der Waals surface area contributed by atoms with E-state index < -0.39 is 22.3 Å². The molecule has 17 heavy (non-hydrogen) atoms. The van der Waals surface area contributed by atoms with Crippen LogP contribution in [0.15, 0.2) is 0 Å². The molecule has 0 bridgehead atoms. The number of carbonyl (C=O) groups is 2. The lowest BCUT2D eigenvalue weighted by Gasteiger charge is -2.41. The van der Waals surface area contributed by atoms with Gasteiger partial charge in [-0.15, -0.1) is 0 Å². The molecule has 3 N–H and O–H groups in total. The molecule has 0 aromatic rings. The summed E-state index contributed by atoms with van der Waals surface area (Å²) in [6, 6.07) is -0.378. The highest BCUT2D eigenvalue weighted by Crippen LogP contribution is 2.34. The minimum Gasteiger partial charge on any atom is -0.481 e. The first-order chi connectivity index (χ1) is 7.93. The van der Waals surface area contributed by atoms with Gasteiger partial charge in [0.1, 0.15) is 0 Å². The Bertz CT molecular complexity index is 328. The van der Waals surface area contributed by atoms with Crippen LogP contribution in [-0.4, -0.2) is 45.4 Å². The Morgan fingerprint density at radius 3 is 2.47 bits per heavy atom. The van der Waals surface area contributed by atoms with E-state index in [1.807, 2.05) is 0 Å². The summed E-state index contributed by atoms with van der Waals surface area (Å²) in [4.78, 5) is 22.2. The number of nitrogens with one attached hydrogen (secondary N) is 2.